The molecule has 1 amide bonds. The summed E-state index contributed by atoms with van der Waals surface area (Å²) in [5.41, 5.74) is 0. The largest absolute Gasteiger partial charge is 0.378 e. The topological polar surface area (TPSA) is 41.6 Å². The van der Waals surface area contributed by atoms with Crippen LogP contribution in [0.25, 0.3) is 0 Å². The number of carbonyl (C=O) groups is 1. The second-order valence-electron chi connectivity index (χ2n) is 6.71. The van der Waals surface area contributed by atoms with Crippen LogP contribution in [0.5, 0.6) is 0 Å². The highest BCUT2D eigenvalue weighted by atomic mass is 16.5. The van der Waals surface area contributed by atoms with E-state index >= 15 is 0 Å². The van der Waals surface area contributed by atoms with E-state index in [2.05, 4.69) is 10.2 Å². The number of hydrogen-bond acceptors (Lipinski definition) is 3. The molecule has 2 heterocycles. The SMILES string of the molecule is O=C(CCC1CCCO1)N(CC1CC1)CC1CCCN1. The summed E-state index contributed by atoms with van der Waals surface area (Å²) in [5.74, 6) is 1.13. The van der Waals surface area contributed by atoms with Gasteiger partial charge in [-0.2, -0.15) is 0 Å². The van der Waals surface area contributed by atoms with Gasteiger partial charge in [-0.15, -0.1) is 0 Å². The Balaban J connectivity index is 1.45. The molecule has 114 valence electrons. The normalized spacial score (nSPS) is 29.8. The van der Waals surface area contributed by atoms with Crippen LogP contribution in [0.2, 0.25) is 0 Å². The molecule has 1 aliphatic carbocycles. The minimum Gasteiger partial charge on any atom is -0.378 e. The highest BCUT2D eigenvalue weighted by Crippen LogP contribution is 2.30. The van der Waals surface area contributed by atoms with E-state index in [4.69, 9.17) is 4.74 Å². The van der Waals surface area contributed by atoms with Crippen LogP contribution in [-0.4, -0.2) is 49.2 Å². The maximum Gasteiger partial charge on any atom is 0.222 e. The van der Waals surface area contributed by atoms with Gasteiger partial charge in [-0.3, -0.25) is 4.79 Å². The number of hydrogen-bond donors (Lipinski definition) is 1. The molecule has 0 aromatic rings. The second-order valence-corrected chi connectivity index (χ2v) is 6.71. The number of nitrogens with one attached hydrogen (secondary N) is 1. The Morgan fingerprint density at radius 3 is 2.70 bits per heavy atom. The van der Waals surface area contributed by atoms with Crippen molar-refractivity contribution in [3.05, 3.63) is 0 Å². The first-order valence-electron chi connectivity index (χ1n) is 8.44. The molecule has 2 saturated heterocycles. The van der Waals surface area contributed by atoms with Gasteiger partial charge in [0.2, 0.25) is 5.91 Å². The summed E-state index contributed by atoms with van der Waals surface area (Å²) >= 11 is 0. The summed E-state index contributed by atoms with van der Waals surface area (Å²) in [6.07, 6.45) is 9.33. The minimum atomic E-state index is 0.339. The molecule has 2 unspecified atom stereocenters. The Bertz CT molecular complexity index is 318. The molecule has 1 N–H and O–H groups in total. The quantitative estimate of drug-likeness (QED) is 0.775. The van der Waals surface area contributed by atoms with Crippen molar-refractivity contribution in [2.45, 2.75) is 63.5 Å². The summed E-state index contributed by atoms with van der Waals surface area (Å²) < 4.78 is 5.63. The zero-order valence-electron chi connectivity index (χ0n) is 12.5. The third-order valence-corrected chi connectivity index (χ3v) is 4.84. The van der Waals surface area contributed by atoms with Crippen LogP contribution in [0, 0.1) is 5.92 Å². The van der Waals surface area contributed by atoms with E-state index in [0.717, 1.165) is 51.4 Å². The summed E-state index contributed by atoms with van der Waals surface area (Å²) in [7, 11) is 0. The third kappa shape index (κ3) is 4.19. The molecular formula is C16H28N2O2. The van der Waals surface area contributed by atoms with Gasteiger partial charge in [0.15, 0.2) is 0 Å². The molecule has 2 aliphatic heterocycles. The zero-order valence-corrected chi connectivity index (χ0v) is 12.5. The summed E-state index contributed by atoms with van der Waals surface area (Å²) in [4.78, 5) is 14.6. The zero-order chi connectivity index (χ0) is 13.8. The Kier molecular flexibility index (Phi) is 4.94. The predicted molar refractivity (Wildman–Crippen MR) is 78.5 cm³/mol. The lowest BCUT2D eigenvalue weighted by Crippen LogP contribution is -2.42. The lowest BCUT2D eigenvalue weighted by molar-refractivity contribution is -0.132. The van der Waals surface area contributed by atoms with Crippen molar-refractivity contribution < 1.29 is 9.53 Å². The van der Waals surface area contributed by atoms with Gasteiger partial charge < -0.3 is 15.0 Å². The highest BCUT2D eigenvalue weighted by Gasteiger charge is 2.29. The molecule has 0 bridgehead atoms. The number of nitrogens with zero attached hydrogens (tertiary/aromatic N) is 1. The van der Waals surface area contributed by atoms with Crippen LogP contribution >= 0.6 is 0 Å². The maximum absolute atomic E-state index is 12.5. The highest BCUT2D eigenvalue weighted by molar-refractivity contribution is 5.76. The van der Waals surface area contributed by atoms with E-state index in [1.54, 1.807) is 0 Å². The van der Waals surface area contributed by atoms with Gasteiger partial charge in [0.05, 0.1) is 6.10 Å². The van der Waals surface area contributed by atoms with Crippen LogP contribution in [0.15, 0.2) is 0 Å². The first-order chi connectivity index (χ1) is 9.81. The van der Waals surface area contributed by atoms with Gasteiger partial charge in [-0.25, -0.2) is 0 Å². The molecule has 3 rings (SSSR count). The summed E-state index contributed by atoms with van der Waals surface area (Å²) in [5, 5.41) is 3.51. The van der Waals surface area contributed by atoms with E-state index in [0.29, 0.717) is 24.5 Å². The van der Waals surface area contributed by atoms with Crippen molar-refractivity contribution in [3.63, 3.8) is 0 Å². The standard InChI is InChI=1S/C16H28N2O2/c19-16(8-7-15-4-2-10-20-15)18(11-13-5-6-13)12-14-3-1-9-17-14/h13-15,17H,1-12H2. The molecular weight excluding hydrogens is 252 g/mol. The number of ether oxygens (including phenoxy) is 1. The van der Waals surface area contributed by atoms with Crippen molar-refractivity contribution in [3.8, 4) is 0 Å². The first-order valence-corrected chi connectivity index (χ1v) is 8.44. The predicted octanol–water partition coefficient (Wildman–Crippen LogP) is 1.94. The van der Waals surface area contributed by atoms with Crippen LogP contribution in [0.1, 0.15) is 51.4 Å². The van der Waals surface area contributed by atoms with Gasteiger partial charge in [-0.1, -0.05) is 0 Å². The van der Waals surface area contributed by atoms with Gasteiger partial charge >= 0.3 is 0 Å². The van der Waals surface area contributed by atoms with E-state index in [1.807, 2.05) is 0 Å². The fraction of sp³-hybridized carbons (Fsp3) is 0.938. The Labute approximate surface area is 122 Å². The van der Waals surface area contributed by atoms with Gasteiger partial charge in [0, 0.05) is 32.2 Å². The van der Waals surface area contributed by atoms with E-state index in [-0.39, 0.29) is 0 Å². The fourth-order valence-electron chi connectivity index (χ4n) is 3.38. The molecule has 4 heteroatoms. The smallest absolute Gasteiger partial charge is 0.222 e. The molecule has 0 radical (unpaired) electrons. The van der Waals surface area contributed by atoms with E-state index in [1.165, 1.54) is 25.7 Å². The molecule has 0 aromatic carbocycles. The van der Waals surface area contributed by atoms with Crippen molar-refractivity contribution in [2.75, 3.05) is 26.2 Å². The van der Waals surface area contributed by atoms with Gasteiger partial charge in [0.1, 0.15) is 0 Å². The van der Waals surface area contributed by atoms with Gasteiger partial charge in [-0.05, 0) is 57.4 Å². The van der Waals surface area contributed by atoms with Crippen LogP contribution in [-0.2, 0) is 9.53 Å². The second kappa shape index (κ2) is 6.90. The first kappa shape index (κ1) is 14.3. The monoisotopic (exact) mass is 280 g/mol. The Morgan fingerprint density at radius 1 is 1.15 bits per heavy atom. The Morgan fingerprint density at radius 2 is 2.05 bits per heavy atom. The average molecular weight is 280 g/mol. The van der Waals surface area contributed by atoms with Crippen LogP contribution < -0.4 is 5.32 Å². The molecule has 3 fully saturated rings. The molecule has 2 atom stereocenters. The lowest BCUT2D eigenvalue weighted by atomic mass is 10.1. The molecule has 1 saturated carbocycles. The van der Waals surface area contributed by atoms with Crippen molar-refractivity contribution in [1.29, 1.82) is 0 Å². The van der Waals surface area contributed by atoms with Crippen molar-refractivity contribution >= 4 is 5.91 Å². The fourth-order valence-corrected chi connectivity index (χ4v) is 3.38. The van der Waals surface area contributed by atoms with Gasteiger partial charge in [0.25, 0.3) is 0 Å². The summed E-state index contributed by atoms with van der Waals surface area (Å²) in [6, 6.07) is 0.528. The van der Waals surface area contributed by atoms with E-state index in [9.17, 15) is 4.79 Å². The minimum absolute atomic E-state index is 0.339. The molecule has 0 aromatic heterocycles. The van der Waals surface area contributed by atoms with Crippen LogP contribution in [0.3, 0.4) is 0 Å². The molecule has 3 aliphatic rings. The lowest BCUT2D eigenvalue weighted by Gasteiger charge is -2.26. The maximum atomic E-state index is 12.5. The average Bonchev–Trinajstić information content (AvgIpc) is 2.95. The van der Waals surface area contributed by atoms with Crippen molar-refractivity contribution in [2.24, 2.45) is 5.92 Å². The molecule has 20 heavy (non-hydrogen) atoms. The summed E-state index contributed by atoms with van der Waals surface area (Å²) in [6.45, 7) is 3.91. The number of carbonyl (C=O) groups excluding carboxylic acids is 1. The number of rotatable bonds is 7. The Hall–Kier alpha value is -0.610. The number of amides is 1. The third-order valence-electron chi connectivity index (χ3n) is 4.84. The molecule has 4 nitrogen and oxygen atoms in total. The molecule has 0 spiro atoms. The van der Waals surface area contributed by atoms with Crippen molar-refractivity contribution in [1.82, 2.24) is 10.2 Å². The van der Waals surface area contributed by atoms with E-state index < -0.39 is 0 Å². The van der Waals surface area contributed by atoms with Crippen LogP contribution in [0.4, 0.5) is 0 Å².